The van der Waals surface area contributed by atoms with Crippen LogP contribution in [0.25, 0.3) is 0 Å². The lowest BCUT2D eigenvalue weighted by Crippen LogP contribution is -2.55. The highest BCUT2D eigenvalue weighted by atomic mass is 32.1. The second-order valence-corrected chi connectivity index (χ2v) is 9.93. The molecule has 5 rings (SSSR count). The van der Waals surface area contributed by atoms with Crippen LogP contribution in [0.2, 0.25) is 0 Å². The van der Waals surface area contributed by atoms with Crippen LogP contribution in [-0.4, -0.2) is 58.9 Å². The number of thiocarbonyl (C=S) groups is 1. The number of piperidine rings is 1. The standard InChI is InChI=1S/C25H23F4N5O2S/c1-32-10-7-21(19(26)14-32)36-17-5-3-15(4-6-17)34-23(37)33(22(35)24(34)8-2-9-24)16-11-18(25(27,28)29)20(12-30)31-13-16/h3-6,11,13,19,21H,2,7-10,14H2,1H3/t19-,21-/m0/s1. The van der Waals surface area contributed by atoms with Crippen LogP contribution in [-0.2, 0) is 11.0 Å². The van der Waals surface area contributed by atoms with Crippen molar-refractivity contribution in [2.45, 2.75) is 49.7 Å². The van der Waals surface area contributed by atoms with Gasteiger partial charge < -0.3 is 14.5 Å². The molecule has 1 aromatic carbocycles. The predicted molar refractivity (Wildman–Crippen MR) is 131 cm³/mol. The largest absolute Gasteiger partial charge is 0.487 e. The molecule has 1 saturated carbocycles. The van der Waals surface area contributed by atoms with Crippen molar-refractivity contribution in [1.29, 1.82) is 5.26 Å². The molecule has 2 saturated heterocycles. The number of rotatable bonds is 4. The average molecular weight is 534 g/mol. The third kappa shape index (κ3) is 4.30. The Labute approximate surface area is 216 Å². The number of carbonyl (C=O) groups is 1. The van der Waals surface area contributed by atoms with E-state index in [9.17, 15) is 22.4 Å². The molecule has 0 radical (unpaired) electrons. The van der Waals surface area contributed by atoms with E-state index < -0.39 is 41.2 Å². The van der Waals surface area contributed by atoms with Gasteiger partial charge in [-0.3, -0.25) is 9.69 Å². The molecule has 2 atom stereocenters. The molecule has 0 N–H and O–H groups in total. The van der Waals surface area contributed by atoms with Crippen molar-refractivity contribution < 1.29 is 27.1 Å². The summed E-state index contributed by atoms with van der Waals surface area (Å²) in [4.78, 5) is 21.8. The molecule has 37 heavy (non-hydrogen) atoms. The molecule has 3 aliphatic rings. The molecule has 12 heteroatoms. The Morgan fingerprint density at radius 2 is 1.92 bits per heavy atom. The van der Waals surface area contributed by atoms with Crippen LogP contribution < -0.4 is 14.5 Å². The van der Waals surface area contributed by atoms with Gasteiger partial charge in [0.25, 0.3) is 5.91 Å². The van der Waals surface area contributed by atoms with Crippen molar-refractivity contribution in [3.8, 4) is 11.8 Å². The second kappa shape index (κ2) is 9.22. The average Bonchev–Trinajstić information content (AvgIpc) is 3.07. The van der Waals surface area contributed by atoms with Crippen molar-refractivity contribution in [3.05, 3.63) is 47.8 Å². The molecule has 194 valence electrons. The second-order valence-electron chi connectivity index (χ2n) is 9.56. The minimum Gasteiger partial charge on any atom is -0.487 e. The molecule has 2 aliphatic heterocycles. The SMILES string of the molecule is CN1CC[C@H](Oc2ccc(N3C(=S)N(c4cnc(C#N)c(C(F)(F)F)c4)C(=O)C34CCC4)cc2)[C@@H](F)C1. The molecule has 7 nitrogen and oxygen atoms in total. The number of amides is 1. The van der Waals surface area contributed by atoms with E-state index in [0.29, 0.717) is 37.2 Å². The van der Waals surface area contributed by atoms with Gasteiger partial charge in [-0.05, 0) is 75.3 Å². The van der Waals surface area contributed by atoms with Gasteiger partial charge in [0, 0.05) is 18.8 Å². The first-order valence-corrected chi connectivity index (χ1v) is 12.2. The monoisotopic (exact) mass is 533 g/mol. The molecular formula is C25H23F4N5O2S. The zero-order valence-corrected chi connectivity index (χ0v) is 20.7. The number of aromatic nitrogens is 1. The number of hydrogen-bond acceptors (Lipinski definition) is 6. The fourth-order valence-electron chi connectivity index (χ4n) is 5.11. The zero-order chi connectivity index (χ0) is 26.5. The predicted octanol–water partition coefficient (Wildman–Crippen LogP) is 4.45. The van der Waals surface area contributed by atoms with Crippen LogP contribution in [0.15, 0.2) is 36.5 Å². The number of likely N-dealkylation sites (tertiary alicyclic amines) is 1. The van der Waals surface area contributed by atoms with Crippen molar-refractivity contribution in [3.63, 3.8) is 0 Å². The fourth-order valence-corrected chi connectivity index (χ4v) is 5.57. The van der Waals surface area contributed by atoms with Gasteiger partial charge in [-0.25, -0.2) is 9.37 Å². The quantitative estimate of drug-likeness (QED) is 0.425. The lowest BCUT2D eigenvalue weighted by molar-refractivity contribution is -0.138. The zero-order valence-electron chi connectivity index (χ0n) is 19.8. The van der Waals surface area contributed by atoms with Crippen molar-refractivity contribution >= 4 is 34.6 Å². The third-order valence-corrected chi connectivity index (χ3v) is 7.57. The van der Waals surface area contributed by atoms with Gasteiger partial charge >= 0.3 is 6.18 Å². The smallest absolute Gasteiger partial charge is 0.419 e. The lowest BCUT2D eigenvalue weighted by Gasteiger charge is -2.43. The van der Waals surface area contributed by atoms with Gasteiger partial charge in [-0.1, -0.05) is 0 Å². The van der Waals surface area contributed by atoms with E-state index in [0.717, 1.165) is 30.1 Å². The normalized spacial score (nSPS) is 23.8. The summed E-state index contributed by atoms with van der Waals surface area (Å²) >= 11 is 5.61. The number of nitriles is 1. The van der Waals surface area contributed by atoms with Crippen LogP contribution in [0.3, 0.4) is 0 Å². The molecule has 1 aliphatic carbocycles. The fraction of sp³-hybridized carbons (Fsp3) is 0.440. The van der Waals surface area contributed by atoms with Crippen LogP contribution >= 0.6 is 12.2 Å². The van der Waals surface area contributed by atoms with E-state index in [4.69, 9.17) is 22.2 Å². The highest BCUT2D eigenvalue weighted by Gasteiger charge is 2.59. The molecule has 1 aromatic heterocycles. The van der Waals surface area contributed by atoms with E-state index in [2.05, 4.69) is 4.98 Å². The summed E-state index contributed by atoms with van der Waals surface area (Å²) in [6, 6.07) is 8.94. The summed E-state index contributed by atoms with van der Waals surface area (Å²) in [6.45, 7) is 1.03. The Kier molecular flexibility index (Phi) is 6.32. The number of ether oxygens (including phenoxy) is 1. The molecule has 3 fully saturated rings. The van der Waals surface area contributed by atoms with Gasteiger partial charge in [0.1, 0.15) is 29.6 Å². The number of hydrogen-bond donors (Lipinski definition) is 0. The Hall–Kier alpha value is -3.30. The Morgan fingerprint density at radius 3 is 2.49 bits per heavy atom. The Balaban J connectivity index is 1.43. The minimum atomic E-state index is -4.82. The summed E-state index contributed by atoms with van der Waals surface area (Å²) in [6.07, 6.45) is -3.17. The van der Waals surface area contributed by atoms with E-state index in [1.165, 1.54) is 6.07 Å². The van der Waals surface area contributed by atoms with E-state index in [-0.39, 0.29) is 10.8 Å². The molecule has 0 unspecified atom stereocenters. The summed E-state index contributed by atoms with van der Waals surface area (Å²) in [5, 5.41) is 9.08. The van der Waals surface area contributed by atoms with Crippen molar-refractivity contribution in [1.82, 2.24) is 9.88 Å². The molecule has 0 bridgehead atoms. The maximum absolute atomic E-state index is 14.4. The van der Waals surface area contributed by atoms with Crippen LogP contribution in [0.5, 0.6) is 5.75 Å². The van der Waals surface area contributed by atoms with E-state index in [1.807, 2.05) is 11.9 Å². The number of benzene rings is 1. The molecular weight excluding hydrogens is 510 g/mol. The van der Waals surface area contributed by atoms with Gasteiger partial charge in [0.2, 0.25) is 0 Å². The van der Waals surface area contributed by atoms with Crippen LogP contribution in [0, 0.1) is 11.3 Å². The number of nitrogens with zero attached hydrogens (tertiary/aromatic N) is 5. The summed E-state index contributed by atoms with van der Waals surface area (Å²) in [5.41, 5.74) is -2.59. The number of halogens is 4. The number of alkyl halides is 4. The maximum Gasteiger partial charge on any atom is 0.419 e. The van der Waals surface area contributed by atoms with Crippen molar-refractivity contribution in [2.75, 3.05) is 29.9 Å². The maximum atomic E-state index is 14.4. The number of anilines is 2. The lowest BCUT2D eigenvalue weighted by atomic mass is 9.75. The van der Waals surface area contributed by atoms with Gasteiger partial charge in [0.15, 0.2) is 10.8 Å². The first kappa shape index (κ1) is 25.4. The highest BCUT2D eigenvalue weighted by Crippen LogP contribution is 2.48. The first-order valence-electron chi connectivity index (χ1n) is 11.8. The molecule has 1 spiro atoms. The molecule has 2 aromatic rings. The Morgan fingerprint density at radius 1 is 1.22 bits per heavy atom. The van der Waals surface area contributed by atoms with E-state index >= 15 is 0 Å². The van der Waals surface area contributed by atoms with Gasteiger partial charge in [0.05, 0.1) is 17.4 Å². The van der Waals surface area contributed by atoms with Crippen LogP contribution in [0.1, 0.15) is 36.9 Å². The third-order valence-electron chi connectivity index (χ3n) is 7.20. The topological polar surface area (TPSA) is 72.7 Å². The summed E-state index contributed by atoms with van der Waals surface area (Å²) < 4.78 is 60.9. The van der Waals surface area contributed by atoms with Crippen LogP contribution in [0.4, 0.5) is 28.9 Å². The highest BCUT2D eigenvalue weighted by molar-refractivity contribution is 7.81. The summed E-state index contributed by atoms with van der Waals surface area (Å²) in [7, 11) is 1.86. The molecule has 1 amide bonds. The summed E-state index contributed by atoms with van der Waals surface area (Å²) in [5.74, 6) is 0.0401. The first-order chi connectivity index (χ1) is 17.5. The minimum absolute atomic E-state index is 0.0251. The Bertz CT molecular complexity index is 1280. The van der Waals surface area contributed by atoms with Crippen molar-refractivity contribution in [2.24, 2.45) is 0 Å². The number of pyridine rings is 1. The van der Waals surface area contributed by atoms with Gasteiger partial charge in [-0.2, -0.15) is 18.4 Å². The number of carbonyl (C=O) groups excluding carboxylic acids is 1. The van der Waals surface area contributed by atoms with E-state index in [1.54, 1.807) is 29.2 Å². The van der Waals surface area contributed by atoms with Gasteiger partial charge in [-0.15, -0.1) is 0 Å². The molecule has 3 heterocycles.